The molecule has 1 saturated heterocycles. The quantitative estimate of drug-likeness (QED) is 0.0871. The lowest BCUT2D eigenvalue weighted by atomic mass is 9.89. The maximum atomic E-state index is 14.6. The highest BCUT2D eigenvalue weighted by molar-refractivity contribution is 7.09. The van der Waals surface area contributed by atoms with Crippen molar-refractivity contribution >= 4 is 35.0 Å². The monoisotopic (exact) mass is 883 g/mol. The van der Waals surface area contributed by atoms with Crippen LogP contribution in [0.15, 0.2) is 41.9 Å². The number of ether oxygens (including phenoxy) is 2. The van der Waals surface area contributed by atoms with Crippen LogP contribution in [0.3, 0.4) is 0 Å². The molecule has 1 aromatic heterocycles. The lowest BCUT2D eigenvalue weighted by Crippen LogP contribution is -2.60. The van der Waals surface area contributed by atoms with Crippen LogP contribution in [-0.4, -0.2) is 121 Å². The third-order valence-corrected chi connectivity index (χ3v) is 13.9. The molecule has 1 fully saturated rings. The van der Waals surface area contributed by atoms with Crippen LogP contribution < -0.4 is 10.6 Å². The van der Waals surface area contributed by atoms with Crippen LogP contribution in [0.1, 0.15) is 130 Å². The molecule has 1 aromatic carbocycles. The molecule has 0 radical (unpaired) electrons. The molecule has 0 saturated carbocycles. The Balaban J connectivity index is 1.76. The predicted molar refractivity (Wildman–Crippen MR) is 251 cm³/mol. The van der Waals surface area contributed by atoms with Crippen LogP contribution >= 0.6 is 11.3 Å². The molecule has 2 heterocycles. The summed E-state index contributed by atoms with van der Waals surface area (Å²) in [6.07, 6.45) is 8.02. The predicted octanol–water partition coefficient (Wildman–Crippen LogP) is 7.78. The lowest BCUT2D eigenvalue weighted by molar-refractivity contribution is -0.148. The zero-order chi connectivity index (χ0) is 46.1. The van der Waals surface area contributed by atoms with Crippen molar-refractivity contribution in [1.29, 1.82) is 0 Å². The number of benzene rings is 1. The third kappa shape index (κ3) is 15.1. The summed E-state index contributed by atoms with van der Waals surface area (Å²) in [4.78, 5) is 67.2. The first-order chi connectivity index (χ1) is 29.5. The van der Waals surface area contributed by atoms with Gasteiger partial charge in [0, 0.05) is 39.4 Å². The van der Waals surface area contributed by atoms with E-state index in [4.69, 9.17) is 9.47 Å². The number of methoxy groups -OCH3 is 2. The fourth-order valence-corrected chi connectivity index (χ4v) is 9.97. The van der Waals surface area contributed by atoms with Crippen molar-refractivity contribution < 1.29 is 28.7 Å². The Morgan fingerprint density at radius 2 is 1.60 bits per heavy atom. The number of carbonyl (C=O) groups excluding carboxylic acids is 4. The number of aromatic nitrogens is 1. The molecule has 12 nitrogen and oxygen atoms in total. The van der Waals surface area contributed by atoms with Gasteiger partial charge in [0.15, 0.2) is 0 Å². The van der Waals surface area contributed by atoms with Crippen molar-refractivity contribution in [2.45, 2.75) is 163 Å². The van der Waals surface area contributed by atoms with E-state index in [-0.39, 0.29) is 65.9 Å². The van der Waals surface area contributed by atoms with Crippen molar-refractivity contribution in [2.75, 3.05) is 41.4 Å². The van der Waals surface area contributed by atoms with Gasteiger partial charge in [-0.3, -0.25) is 24.1 Å². The summed E-state index contributed by atoms with van der Waals surface area (Å²) >= 11 is 1.51. The van der Waals surface area contributed by atoms with Crippen LogP contribution in [0.25, 0.3) is 0 Å². The number of hydrogen-bond acceptors (Lipinski definition) is 9. The average Bonchev–Trinajstić information content (AvgIpc) is 3.96. The molecule has 350 valence electrons. The van der Waals surface area contributed by atoms with E-state index in [1.807, 2.05) is 68.4 Å². The summed E-state index contributed by atoms with van der Waals surface area (Å²) in [5, 5.41) is 9.16. The largest absolute Gasteiger partial charge is 0.379 e. The summed E-state index contributed by atoms with van der Waals surface area (Å²) < 4.78 is 12.2. The molecular formula is C49H82N6O6S. The minimum absolute atomic E-state index is 0.0121. The number of amides is 4. The van der Waals surface area contributed by atoms with E-state index in [0.717, 1.165) is 42.8 Å². The zero-order valence-corrected chi connectivity index (χ0v) is 41.2. The smallest absolute Gasteiger partial charge is 0.245 e. The SMILES string of the molecule is CC[C@H](C)[C@@H]([C@@H](CC(=O)N1CCC[C@H]1[C@H](OC)[C@@H](C)C(=O)N[C@@H](Cc1ccccc1)c1nccs1)OC)N(C)C(=O)[C@@H](NC(=O)[C@H](C(C)C)N(C)CCCCCC(C)C)C(C)C. The van der Waals surface area contributed by atoms with E-state index in [9.17, 15) is 19.2 Å². The summed E-state index contributed by atoms with van der Waals surface area (Å²) in [5.41, 5.74) is 1.10. The molecule has 0 spiro atoms. The van der Waals surface area contributed by atoms with Gasteiger partial charge in [0.05, 0.1) is 48.7 Å². The molecule has 4 amide bonds. The molecular weight excluding hydrogens is 801 g/mol. The molecule has 0 bridgehead atoms. The van der Waals surface area contributed by atoms with Gasteiger partial charge in [0.1, 0.15) is 11.0 Å². The van der Waals surface area contributed by atoms with Crippen molar-refractivity contribution in [3.05, 3.63) is 52.5 Å². The second kappa shape index (κ2) is 26.4. The number of thiazole rings is 1. The molecule has 0 unspecified atom stereocenters. The fourth-order valence-electron chi connectivity index (χ4n) is 9.28. The van der Waals surface area contributed by atoms with Crippen molar-refractivity contribution in [3.63, 3.8) is 0 Å². The van der Waals surface area contributed by atoms with E-state index in [1.54, 1.807) is 32.4 Å². The number of nitrogens with one attached hydrogen (secondary N) is 2. The molecule has 1 aliphatic rings. The zero-order valence-electron chi connectivity index (χ0n) is 40.4. The summed E-state index contributed by atoms with van der Waals surface area (Å²) in [5.74, 6) is -0.606. The van der Waals surface area contributed by atoms with Crippen molar-refractivity contribution in [2.24, 2.45) is 29.6 Å². The Bertz CT molecular complexity index is 1630. The Morgan fingerprint density at radius 1 is 0.903 bits per heavy atom. The molecule has 9 atom stereocenters. The van der Waals surface area contributed by atoms with Gasteiger partial charge >= 0.3 is 0 Å². The van der Waals surface area contributed by atoms with Gasteiger partial charge < -0.3 is 29.9 Å². The molecule has 1 aliphatic heterocycles. The van der Waals surface area contributed by atoms with Gasteiger partial charge in [-0.1, -0.05) is 118 Å². The maximum Gasteiger partial charge on any atom is 0.245 e. The molecule has 13 heteroatoms. The normalized spacial score (nSPS) is 18.3. The highest BCUT2D eigenvalue weighted by Gasteiger charge is 2.43. The second-order valence-corrected chi connectivity index (χ2v) is 19.8. The van der Waals surface area contributed by atoms with Crippen LogP contribution in [0.2, 0.25) is 0 Å². The Morgan fingerprint density at radius 3 is 2.16 bits per heavy atom. The van der Waals surface area contributed by atoms with E-state index in [0.29, 0.717) is 25.3 Å². The summed E-state index contributed by atoms with van der Waals surface area (Å²) in [7, 11) is 6.98. The van der Waals surface area contributed by atoms with Gasteiger partial charge in [-0.05, 0) is 68.5 Å². The number of rotatable bonds is 27. The topological polar surface area (TPSA) is 133 Å². The van der Waals surface area contributed by atoms with Gasteiger partial charge in [0.25, 0.3) is 0 Å². The van der Waals surface area contributed by atoms with Crippen molar-refractivity contribution in [1.82, 2.24) is 30.3 Å². The van der Waals surface area contributed by atoms with Crippen LogP contribution in [-0.2, 0) is 35.1 Å². The number of carbonyl (C=O) groups is 4. The van der Waals surface area contributed by atoms with Gasteiger partial charge in [-0.25, -0.2) is 4.98 Å². The average molecular weight is 883 g/mol. The maximum absolute atomic E-state index is 14.6. The van der Waals surface area contributed by atoms with E-state index in [1.165, 1.54) is 24.2 Å². The Labute approximate surface area is 378 Å². The van der Waals surface area contributed by atoms with Crippen LogP contribution in [0, 0.1) is 29.6 Å². The van der Waals surface area contributed by atoms with Crippen molar-refractivity contribution in [3.8, 4) is 0 Å². The van der Waals surface area contributed by atoms with Crippen LogP contribution in [0.5, 0.6) is 0 Å². The Hall–Kier alpha value is -3.39. The standard InChI is InChI=1S/C49H82N6O6S/c1-14-35(8)44(54(11)49(59)42(33(4)5)52-47(58)43(34(6)7)53(10)27-20-16-17-22-32(2)3)40(60-12)31-41(56)55-28-21-25-39(55)45(61-13)36(9)46(57)51-38(48-50-26-29-62-48)30-37-23-18-15-19-24-37/h15,18-19,23-24,26,29,32-36,38-40,42-45H,14,16-17,20-22,25,27-28,30-31H2,1-13H3,(H,51,57)(H,52,58)/t35-,36+,38-,39-,40+,42-,43-,44-,45+/m0/s1. The number of hydrogen-bond donors (Lipinski definition) is 2. The molecule has 3 rings (SSSR count). The summed E-state index contributed by atoms with van der Waals surface area (Å²) in [6.45, 7) is 19.9. The first-order valence-electron chi connectivity index (χ1n) is 23.3. The second-order valence-electron chi connectivity index (χ2n) is 18.9. The minimum Gasteiger partial charge on any atom is -0.379 e. The first kappa shape index (κ1) is 53.0. The third-order valence-electron chi connectivity index (χ3n) is 13.0. The van der Waals surface area contributed by atoms with E-state index >= 15 is 0 Å². The number of unbranched alkanes of at least 4 members (excludes halogenated alkanes) is 2. The van der Waals surface area contributed by atoms with E-state index < -0.39 is 30.2 Å². The number of likely N-dealkylation sites (N-methyl/N-ethyl adjacent to an activating group) is 2. The fraction of sp³-hybridized carbons (Fsp3) is 0.735. The van der Waals surface area contributed by atoms with Gasteiger partial charge in [0.2, 0.25) is 23.6 Å². The molecule has 2 aromatic rings. The molecule has 2 N–H and O–H groups in total. The van der Waals surface area contributed by atoms with E-state index in [2.05, 4.69) is 62.1 Å². The Kier molecular flexibility index (Phi) is 22.6. The van der Waals surface area contributed by atoms with Gasteiger partial charge in [-0.2, -0.15) is 0 Å². The molecule has 0 aliphatic carbocycles. The number of nitrogens with zero attached hydrogens (tertiary/aromatic N) is 4. The first-order valence-corrected chi connectivity index (χ1v) is 24.2. The lowest BCUT2D eigenvalue weighted by Gasteiger charge is -2.41. The van der Waals surface area contributed by atoms with Gasteiger partial charge in [-0.15, -0.1) is 11.3 Å². The minimum atomic E-state index is -0.756. The number of likely N-dealkylation sites (tertiary alicyclic amines) is 1. The highest BCUT2D eigenvalue weighted by atomic mass is 32.1. The molecule has 62 heavy (non-hydrogen) atoms. The highest BCUT2D eigenvalue weighted by Crippen LogP contribution is 2.31. The summed E-state index contributed by atoms with van der Waals surface area (Å²) in [6, 6.07) is 7.85. The van der Waals surface area contributed by atoms with Crippen LogP contribution in [0.4, 0.5) is 0 Å².